The van der Waals surface area contributed by atoms with E-state index in [-0.39, 0.29) is 17.2 Å². The minimum Gasteiger partial charge on any atom is -0.456 e. The molecule has 0 amide bonds. The third-order valence-corrected chi connectivity index (χ3v) is 7.48. The van der Waals surface area contributed by atoms with E-state index in [0.717, 1.165) is 23.1 Å². The van der Waals surface area contributed by atoms with Crippen molar-refractivity contribution in [3.05, 3.63) is 64.7 Å². The van der Waals surface area contributed by atoms with E-state index >= 15 is 0 Å². The lowest BCUT2D eigenvalue weighted by molar-refractivity contribution is -0.148. The Bertz CT molecular complexity index is 1050. The molecule has 1 fully saturated rings. The normalized spacial score (nSPS) is 17.5. The van der Waals surface area contributed by atoms with E-state index in [1.54, 1.807) is 24.3 Å². The van der Waals surface area contributed by atoms with Crippen LogP contribution in [0, 0.1) is 20.8 Å². The number of sulfonamides is 1. The predicted molar refractivity (Wildman–Crippen MR) is 114 cm³/mol. The van der Waals surface area contributed by atoms with Crippen LogP contribution in [0.1, 0.15) is 46.3 Å². The Morgan fingerprint density at radius 3 is 2.37 bits per heavy atom. The number of carbonyl (C=O) groups is 2. The quantitative estimate of drug-likeness (QED) is 0.518. The molecule has 1 saturated heterocycles. The molecule has 0 bridgehead atoms. The molecular weight excluding hydrogens is 402 g/mol. The summed E-state index contributed by atoms with van der Waals surface area (Å²) in [6.45, 7) is 5.59. The summed E-state index contributed by atoms with van der Waals surface area (Å²) < 4.78 is 32.6. The molecule has 0 aromatic heterocycles. The van der Waals surface area contributed by atoms with Gasteiger partial charge in [0.2, 0.25) is 15.8 Å². The topological polar surface area (TPSA) is 80.8 Å². The molecule has 1 atom stereocenters. The summed E-state index contributed by atoms with van der Waals surface area (Å²) in [5, 5.41) is 0. The van der Waals surface area contributed by atoms with E-state index in [1.165, 1.54) is 16.4 Å². The summed E-state index contributed by atoms with van der Waals surface area (Å²) in [6.07, 6.45) is 1.78. The summed E-state index contributed by atoms with van der Waals surface area (Å²) in [5.41, 5.74) is 3.42. The van der Waals surface area contributed by atoms with Crippen molar-refractivity contribution in [2.75, 3.05) is 13.2 Å². The second-order valence-electron chi connectivity index (χ2n) is 7.72. The lowest BCUT2D eigenvalue weighted by atomic mass is 9.98. The van der Waals surface area contributed by atoms with E-state index in [4.69, 9.17) is 4.74 Å². The Labute approximate surface area is 177 Å². The smallest absolute Gasteiger partial charge is 0.324 e. The van der Waals surface area contributed by atoms with E-state index in [1.807, 2.05) is 26.8 Å². The fourth-order valence-electron chi connectivity index (χ4n) is 3.73. The van der Waals surface area contributed by atoms with Crippen LogP contribution >= 0.6 is 0 Å². The van der Waals surface area contributed by atoms with Gasteiger partial charge < -0.3 is 4.74 Å². The van der Waals surface area contributed by atoms with E-state index < -0.39 is 28.6 Å². The maximum Gasteiger partial charge on any atom is 0.324 e. The van der Waals surface area contributed by atoms with Crippen LogP contribution in [0.25, 0.3) is 0 Å². The monoisotopic (exact) mass is 429 g/mol. The fraction of sp³-hybridized carbons (Fsp3) is 0.391. The first-order valence-corrected chi connectivity index (χ1v) is 11.5. The molecule has 1 heterocycles. The number of esters is 1. The van der Waals surface area contributed by atoms with Crippen molar-refractivity contribution in [3.63, 3.8) is 0 Å². The Kier molecular flexibility index (Phi) is 6.73. The van der Waals surface area contributed by atoms with Crippen molar-refractivity contribution < 1.29 is 22.7 Å². The largest absolute Gasteiger partial charge is 0.456 e. The van der Waals surface area contributed by atoms with Crippen molar-refractivity contribution in [3.8, 4) is 0 Å². The van der Waals surface area contributed by atoms with Crippen LogP contribution in [-0.2, 0) is 19.6 Å². The van der Waals surface area contributed by atoms with Crippen molar-refractivity contribution in [2.24, 2.45) is 0 Å². The molecule has 1 unspecified atom stereocenters. The fourth-order valence-corrected chi connectivity index (χ4v) is 5.40. The van der Waals surface area contributed by atoms with Gasteiger partial charge in [-0.2, -0.15) is 4.31 Å². The molecule has 7 heteroatoms. The summed E-state index contributed by atoms with van der Waals surface area (Å²) >= 11 is 0. The minimum absolute atomic E-state index is 0.145. The van der Waals surface area contributed by atoms with Crippen LogP contribution in [0.3, 0.4) is 0 Å². The molecule has 0 spiro atoms. The van der Waals surface area contributed by atoms with Crippen LogP contribution in [0.5, 0.6) is 0 Å². The number of benzene rings is 2. The van der Waals surface area contributed by atoms with Gasteiger partial charge in [-0.25, -0.2) is 8.42 Å². The lowest BCUT2D eigenvalue weighted by Gasteiger charge is -2.32. The Morgan fingerprint density at radius 1 is 1.00 bits per heavy atom. The van der Waals surface area contributed by atoms with Gasteiger partial charge in [0.05, 0.1) is 4.90 Å². The summed E-state index contributed by atoms with van der Waals surface area (Å²) in [7, 11) is -3.82. The van der Waals surface area contributed by atoms with Crippen molar-refractivity contribution in [2.45, 2.75) is 51.0 Å². The average molecular weight is 430 g/mol. The van der Waals surface area contributed by atoms with Gasteiger partial charge in [0.15, 0.2) is 6.61 Å². The SMILES string of the molecule is Cc1cc(C)c(C(=O)COC(=O)C2CCCCN2S(=O)(=O)c2ccccc2)cc1C. The number of nitrogens with zero attached hydrogens (tertiary/aromatic N) is 1. The number of aryl methyl sites for hydroxylation is 3. The van der Waals surface area contributed by atoms with Crippen molar-refractivity contribution in [1.82, 2.24) is 4.31 Å². The molecule has 0 radical (unpaired) electrons. The molecule has 1 aliphatic rings. The van der Waals surface area contributed by atoms with Crippen LogP contribution in [-0.4, -0.2) is 43.7 Å². The van der Waals surface area contributed by atoms with E-state index in [2.05, 4.69) is 0 Å². The first kappa shape index (κ1) is 22.2. The molecular formula is C23H27NO5S. The number of hydrogen-bond donors (Lipinski definition) is 0. The van der Waals surface area contributed by atoms with Gasteiger partial charge in [0.1, 0.15) is 6.04 Å². The van der Waals surface area contributed by atoms with Gasteiger partial charge in [0.25, 0.3) is 0 Å². The predicted octanol–water partition coefficient (Wildman–Crippen LogP) is 3.58. The summed E-state index contributed by atoms with van der Waals surface area (Å²) in [4.78, 5) is 25.5. The van der Waals surface area contributed by atoms with Gasteiger partial charge >= 0.3 is 5.97 Å². The van der Waals surface area contributed by atoms with Gasteiger partial charge in [-0.3, -0.25) is 9.59 Å². The molecule has 6 nitrogen and oxygen atoms in total. The molecule has 30 heavy (non-hydrogen) atoms. The molecule has 2 aromatic carbocycles. The highest BCUT2D eigenvalue weighted by molar-refractivity contribution is 7.89. The maximum absolute atomic E-state index is 13.0. The van der Waals surface area contributed by atoms with Crippen LogP contribution < -0.4 is 0 Å². The van der Waals surface area contributed by atoms with Crippen LogP contribution in [0.4, 0.5) is 0 Å². The number of rotatable bonds is 6. The number of ether oxygens (including phenoxy) is 1. The summed E-state index contributed by atoms with van der Waals surface area (Å²) in [5.74, 6) is -0.971. The van der Waals surface area contributed by atoms with Gasteiger partial charge in [0, 0.05) is 12.1 Å². The number of Topliss-reactive ketones (excluding diaryl/α,β-unsaturated/α-hetero) is 1. The molecule has 3 rings (SSSR count). The van der Waals surface area contributed by atoms with Crippen LogP contribution in [0.2, 0.25) is 0 Å². The second-order valence-corrected chi connectivity index (χ2v) is 9.61. The van der Waals surface area contributed by atoms with Crippen molar-refractivity contribution in [1.29, 1.82) is 0 Å². The molecule has 0 saturated carbocycles. The zero-order valence-corrected chi connectivity index (χ0v) is 18.4. The number of carbonyl (C=O) groups excluding carboxylic acids is 2. The summed E-state index contributed by atoms with van der Waals surface area (Å²) in [6, 6.07) is 10.9. The van der Waals surface area contributed by atoms with Crippen molar-refractivity contribution >= 4 is 21.8 Å². The lowest BCUT2D eigenvalue weighted by Crippen LogP contribution is -2.48. The standard InChI is InChI=1S/C23H27NO5S/c1-16-13-18(3)20(14-17(16)2)22(25)15-29-23(26)21-11-7-8-12-24(21)30(27,28)19-9-5-4-6-10-19/h4-6,9-10,13-14,21H,7-8,11-12,15H2,1-3H3. The first-order valence-electron chi connectivity index (χ1n) is 10.1. The number of hydrogen-bond acceptors (Lipinski definition) is 5. The van der Waals surface area contributed by atoms with Crippen LogP contribution in [0.15, 0.2) is 47.4 Å². The third-order valence-electron chi connectivity index (χ3n) is 5.56. The molecule has 0 N–H and O–H groups in total. The number of ketones is 1. The molecule has 160 valence electrons. The molecule has 0 aliphatic carbocycles. The molecule has 2 aromatic rings. The number of piperidine rings is 1. The highest BCUT2D eigenvalue weighted by Gasteiger charge is 2.38. The minimum atomic E-state index is -3.82. The van der Waals surface area contributed by atoms with Gasteiger partial charge in [-0.1, -0.05) is 24.3 Å². The average Bonchev–Trinajstić information content (AvgIpc) is 2.75. The van der Waals surface area contributed by atoms with Gasteiger partial charge in [-0.05, 0) is 74.9 Å². The van der Waals surface area contributed by atoms with E-state index in [0.29, 0.717) is 18.4 Å². The Hall–Kier alpha value is -2.51. The molecule has 1 aliphatic heterocycles. The Morgan fingerprint density at radius 2 is 1.67 bits per heavy atom. The zero-order valence-electron chi connectivity index (χ0n) is 17.6. The Balaban J connectivity index is 1.73. The highest BCUT2D eigenvalue weighted by Crippen LogP contribution is 2.26. The van der Waals surface area contributed by atoms with E-state index in [9.17, 15) is 18.0 Å². The maximum atomic E-state index is 13.0. The first-order chi connectivity index (χ1) is 14.2. The highest BCUT2D eigenvalue weighted by atomic mass is 32.2. The zero-order chi connectivity index (χ0) is 21.9. The van der Waals surface area contributed by atoms with Gasteiger partial charge in [-0.15, -0.1) is 0 Å². The third kappa shape index (κ3) is 4.63. The second kappa shape index (κ2) is 9.10.